The van der Waals surface area contributed by atoms with Crippen LogP contribution in [0.3, 0.4) is 0 Å². The van der Waals surface area contributed by atoms with E-state index in [9.17, 15) is 4.79 Å². The second kappa shape index (κ2) is 10.8. The number of methoxy groups -OCH3 is 1. The van der Waals surface area contributed by atoms with Crippen LogP contribution in [0.4, 0.5) is 4.79 Å². The van der Waals surface area contributed by atoms with Crippen LogP contribution in [-0.4, -0.2) is 36.8 Å². The number of amides is 1. The average molecular weight is 480 g/mol. The van der Waals surface area contributed by atoms with Crippen LogP contribution in [-0.2, 0) is 16.1 Å². The van der Waals surface area contributed by atoms with Gasteiger partial charge in [0.15, 0.2) is 0 Å². The first-order chi connectivity index (χ1) is 15.2. The monoisotopic (exact) mass is 479 g/mol. The van der Waals surface area contributed by atoms with Crippen molar-refractivity contribution in [1.29, 1.82) is 0 Å². The van der Waals surface area contributed by atoms with Crippen molar-refractivity contribution < 1.29 is 19.0 Å². The highest BCUT2D eigenvalue weighted by Gasteiger charge is 2.31. The molecule has 2 aromatic rings. The summed E-state index contributed by atoms with van der Waals surface area (Å²) in [5, 5.41) is 1.06. The minimum atomic E-state index is -0.484. The second-order valence-electron chi connectivity index (χ2n) is 9.07. The molecule has 1 aliphatic rings. The van der Waals surface area contributed by atoms with Gasteiger partial charge in [0.2, 0.25) is 0 Å². The van der Waals surface area contributed by atoms with Gasteiger partial charge in [-0.3, -0.25) is 0 Å². The Hall–Kier alpha value is -1.95. The molecule has 0 aliphatic carbocycles. The van der Waals surface area contributed by atoms with Crippen LogP contribution in [0.1, 0.15) is 50.8 Å². The van der Waals surface area contributed by atoms with Gasteiger partial charge in [-0.25, -0.2) is 4.79 Å². The SMILES string of the molecule is CO[C@H](c1cccc(COc2ccc(Cl)cc2Cl)c1)C1CCN(C(=O)OC(C)(C)C)CC1. The number of carbonyl (C=O) groups excluding carboxylic acids is 1. The summed E-state index contributed by atoms with van der Waals surface area (Å²) < 4.78 is 17.3. The predicted octanol–water partition coefficient (Wildman–Crippen LogP) is 6.91. The highest BCUT2D eigenvalue weighted by atomic mass is 35.5. The maximum absolute atomic E-state index is 12.3. The standard InChI is InChI=1S/C25H31Cl2NO4/c1-25(2,3)32-24(29)28-12-10-18(11-13-28)23(30-4)19-7-5-6-17(14-19)16-31-22-9-8-20(26)15-21(22)27/h5-9,14-15,18,23H,10-13,16H2,1-4H3/t23-/m0/s1. The van der Waals surface area contributed by atoms with E-state index >= 15 is 0 Å². The van der Waals surface area contributed by atoms with Crippen molar-refractivity contribution in [1.82, 2.24) is 4.90 Å². The Kier molecular flexibility index (Phi) is 8.32. The molecule has 1 amide bonds. The summed E-state index contributed by atoms with van der Waals surface area (Å²) in [6, 6.07) is 13.4. The Balaban J connectivity index is 1.61. The lowest BCUT2D eigenvalue weighted by molar-refractivity contribution is -0.00234. The van der Waals surface area contributed by atoms with Crippen molar-refractivity contribution in [3.8, 4) is 5.75 Å². The topological polar surface area (TPSA) is 48.0 Å². The summed E-state index contributed by atoms with van der Waals surface area (Å²) in [7, 11) is 1.74. The summed E-state index contributed by atoms with van der Waals surface area (Å²) in [4.78, 5) is 14.1. The third-order valence-corrected chi connectivity index (χ3v) is 5.97. The van der Waals surface area contributed by atoms with Gasteiger partial charge in [0.05, 0.1) is 11.1 Å². The highest BCUT2D eigenvalue weighted by molar-refractivity contribution is 6.35. The van der Waals surface area contributed by atoms with Crippen LogP contribution in [0.25, 0.3) is 0 Å². The molecular weight excluding hydrogens is 449 g/mol. The summed E-state index contributed by atoms with van der Waals surface area (Å²) in [5.74, 6) is 0.917. The van der Waals surface area contributed by atoms with Crippen LogP contribution >= 0.6 is 23.2 Å². The molecule has 174 valence electrons. The van der Waals surface area contributed by atoms with Crippen molar-refractivity contribution in [2.75, 3.05) is 20.2 Å². The summed E-state index contributed by atoms with van der Waals surface area (Å²) in [6.45, 7) is 7.37. The molecule has 32 heavy (non-hydrogen) atoms. The zero-order valence-electron chi connectivity index (χ0n) is 19.1. The number of benzene rings is 2. The molecule has 0 radical (unpaired) electrons. The van der Waals surface area contributed by atoms with Crippen molar-refractivity contribution in [3.05, 3.63) is 63.6 Å². The van der Waals surface area contributed by atoms with E-state index in [4.69, 9.17) is 37.4 Å². The molecule has 0 spiro atoms. The first kappa shape index (κ1) is 24.7. The molecule has 1 saturated heterocycles. The Bertz CT molecular complexity index is 920. The Morgan fingerprint density at radius 1 is 1.12 bits per heavy atom. The molecule has 1 heterocycles. The lowest BCUT2D eigenvalue weighted by Gasteiger charge is -2.36. The van der Waals surface area contributed by atoms with E-state index in [-0.39, 0.29) is 12.2 Å². The minimum Gasteiger partial charge on any atom is -0.487 e. The Labute approximate surface area is 200 Å². The zero-order chi connectivity index (χ0) is 23.3. The number of hydrogen-bond donors (Lipinski definition) is 0. The van der Waals surface area contributed by atoms with Crippen molar-refractivity contribution >= 4 is 29.3 Å². The maximum atomic E-state index is 12.3. The largest absolute Gasteiger partial charge is 0.487 e. The first-order valence-corrected chi connectivity index (χ1v) is 11.6. The number of carbonyl (C=O) groups is 1. The van der Waals surface area contributed by atoms with E-state index < -0.39 is 5.60 Å². The molecule has 5 nitrogen and oxygen atoms in total. The molecule has 0 unspecified atom stereocenters. The average Bonchev–Trinajstić information content (AvgIpc) is 2.73. The van der Waals surface area contributed by atoms with Gasteiger partial charge in [0.1, 0.15) is 18.0 Å². The number of nitrogens with zero attached hydrogens (tertiary/aromatic N) is 1. The van der Waals surface area contributed by atoms with Crippen LogP contribution in [0.15, 0.2) is 42.5 Å². The van der Waals surface area contributed by atoms with Gasteiger partial charge in [0, 0.05) is 25.2 Å². The fraction of sp³-hybridized carbons (Fsp3) is 0.480. The number of hydrogen-bond acceptors (Lipinski definition) is 4. The van der Waals surface area contributed by atoms with Gasteiger partial charge in [-0.15, -0.1) is 0 Å². The second-order valence-corrected chi connectivity index (χ2v) is 9.91. The van der Waals surface area contributed by atoms with E-state index in [1.54, 1.807) is 30.2 Å². The van der Waals surface area contributed by atoms with Crippen LogP contribution < -0.4 is 4.74 Å². The van der Waals surface area contributed by atoms with Gasteiger partial charge < -0.3 is 19.1 Å². The highest BCUT2D eigenvalue weighted by Crippen LogP contribution is 2.34. The van der Waals surface area contributed by atoms with Crippen molar-refractivity contribution in [2.24, 2.45) is 5.92 Å². The quantitative estimate of drug-likeness (QED) is 0.451. The molecular formula is C25H31Cl2NO4. The third kappa shape index (κ3) is 6.77. The number of ether oxygens (including phenoxy) is 3. The smallest absolute Gasteiger partial charge is 0.410 e. The Morgan fingerprint density at radius 2 is 1.84 bits per heavy atom. The molecule has 0 bridgehead atoms. The molecule has 2 aromatic carbocycles. The van der Waals surface area contributed by atoms with Gasteiger partial charge in [-0.2, -0.15) is 0 Å². The number of halogens is 2. The van der Waals surface area contributed by atoms with Gasteiger partial charge in [-0.05, 0) is 74.9 Å². The van der Waals surface area contributed by atoms with E-state index in [1.807, 2.05) is 32.9 Å². The summed E-state index contributed by atoms with van der Waals surface area (Å²) in [6.07, 6.45) is 1.43. The van der Waals surface area contributed by atoms with Gasteiger partial charge >= 0.3 is 6.09 Å². The molecule has 0 N–H and O–H groups in total. The first-order valence-electron chi connectivity index (χ1n) is 10.8. The lowest BCUT2D eigenvalue weighted by atomic mass is 9.87. The third-order valence-electron chi connectivity index (χ3n) is 5.44. The fourth-order valence-corrected chi connectivity index (χ4v) is 4.39. The van der Waals surface area contributed by atoms with E-state index in [0.29, 0.717) is 41.4 Å². The number of rotatable bonds is 6. The van der Waals surface area contributed by atoms with Gasteiger partial charge in [0.25, 0.3) is 0 Å². The van der Waals surface area contributed by atoms with Crippen molar-refractivity contribution in [3.63, 3.8) is 0 Å². The van der Waals surface area contributed by atoms with Crippen LogP contribution in [0.2, 0.25) is 10.0 Å². The molecule has 0 saturated carbocycles. The van der Waals surface area contributed by atoms with Crippen LogP contribution in [0.5, 0.6) is 5.75 Å². The summed E-state index contributed by atoms with van der Waals surface area (Å²) >= 11 is 12.2. The number of likely N-dealkylation sites (tertiary alicyclic amines) is 1. The van der Waals surface area contributed by atoms with E-state index in [2.05, 4.69) is 12.1 Å². The predicted molar refractivity (Wildman–Crippen MR) is 128 cm³/mol. The fourth-order valence-electron chi connectivity index (χ4n) is 3.93. The summed E-state index contributed by atoms with van der Waals surface area (Å²) in [5.41, 5.74) is 1.65. The molecule has 3 rings (SSSR count). The van der Waals surface area contributed by atoms with Crippen LogP contribution in [0, 0.1) is 5.92 Å². The normalized spacial score (nSPS) is 16.0. The lowest BCUT2D eigenvalue weighted by Crippen LogP contribution is -2.42. The molecule has 1 aliphatic heterocycles. The molecule has 7 heteroatoms. The minimum absolute atomic E-state index is 0.0464. The molecule has 0 aromatic heterocycles. The number of piperidine rings is 1. The Morgan fingerprint density at radius 3 is 2.47 bits per heavy atom. The molecule has 1 fully saturated rings. The maximum Gasteiger partial charge on any atom is 0.410 e. The zero-order valence-corrected chi connectivity index (χ0v) is 20.6. The van der Waals surface area contributed by atoms with Crippen molar-refractivity contribution in [2.45, 2.75) is 51.9 Å². The molecule has 1 atom stereocenters. The van der Waals surface area contributed by atoms with E-state index in [1.165, 1.54) is 0 Å². The van der Waals surface area contributed by atoms with E-state index in [0.717, 1.165) is 24.0 Å². The van der Waals surface area contributed by atoms with Gasteiger partial charge in [-0.1, -0.05) is 41.4 Å².